The van der Waals surface area contributed by atoms with E-state index in [1.165, 1.54) is 0 Å². The van der Waals surface area contributed by atoms with Gasteiger partial charge in [0.1, 0.15) is 0 Å². The van der Waals surface area contributed by atoms with E-state index in [9.17, 15) is 4.79 Å². The Kier molecular flexibility index (Phi) is 4.55. The van der Waals surface area contributed by atoms with Crippen molar-refractivity contribution < 1.29 is 14.3 Å². The molecule has 1 aliphatic rings. The highest BCUT2D eigenvalue weighted by Gasteiger charge is 2.18. The minimum Gasteiger partial charge on any atom is -0.454 e. The highest BCUT2D eigenvalue weighted by molar-refractivity contribution is 5.97. The normalized spacial score (nSPS) is 13.4. The molecule has 5 rings (SSSR count). The molecule has 4 aromatic rings. The predicted molar refractivity (Wildman–Crippen MR) is 112 cm³/mol. The van der Waals surface area contributed by atoms with Crippen LogP contribution in [0.3, 0.4) is 0 Å². The third-order valence-corrected chi connectivity index (χ3v) is 5.16. The molecule has 1 amide bonds. The van der Waals surface area contributed by atoms with Crippen molar-refractivity contribution in [3.05, 3.63) is 83.7 Å². The topological polar surface area (TPSA) is 78.3 Å². The largest absolute Gasteiger partial charge is 0.454 e. The Balaban J connectivity index is 1.32. The fourth-order valence-corrected chi connectivity index (χ4v) is 3.51. The molecule has 30 heavy (non-hydrogen) atoms. The van der Waals surface area contributed by atoms with Gasteiger partial charge in [-0.15, -0.1) is 0 Å². The number of pyridine rings is 1. The van der Waals surface area contributed by atoms with Crippen molar-refractivity contribution in [1.29, 1.82) is 0 Å². The molecule has 0 bridgehead atoms. The van der Waals surface area contributed by atoms with Crippen molar-refractivity contribution in [2.75, 3.05) is 6.79 Å². The smallest absolute Gasteiger partial charge is 0.253 e. The number of hydrogen-bond donors (Lipinski definition) is 1. The standard InChI is InChI=1S/C23H20N4O3/c1-15(17-7-8-20-21(10-17)30-14-29-20)26-23(28)19-9-18-12-25-27(22(18)24-11-19)13-16-5-3-2-4-6-16/h2-12,15H,13-14H2,1H3,(H,26,28)/t15-/m0/s1. The number of hydrogen-bond acceptors (Lipinski definition) is 5. The predicted octanol–water partition coefficient (Wildman–Crippen LogP) is 3.70. The lowest BCUT2D eigenvalue weighted by atomic mass is 10.1. The Morgan fingerprint density at radius 2 is 1.93 bits per heavy atom. The van der Waals surface area contributed by atoms with E-state index in [0.717, 1.165) is 27.9 Å². The summed E-state index contributed by atoms with van der Waals surface area (Å²) >= 11 is 0. The van der Waals surface area contributed by atoms with E-state index >= 15 is 0 Å². The van der Waals surface area contributed by atoms with Gasteiger partial charge in [-0.3, -0.25) is 4.79 Å². The lowest BCUT2D eigenvalue weighted by Crippen LogP contribution is -2.26. The molecule has 2 aromatic carbocycles. The van der Waals surface area contributed by atoms with Crippen molar-refractivity contribution in [1.82, 2.24) is 20.1 Å². The van der Waals surface area contributed by atoms with Gasteiger partial charge in [0.15, 0.2) is 17.1 Å². The maximum absolute atomic E-state index is 12.8. The van der Waals surface area contributed by atoms with Crippen LogP contribution in [0.2, 0.25) is 0 Å². The zero-order valence-electron chi connectivity index (χ0n) is 16.4. The van der Waals surface area contributed by atoms with E-state index < -0.39 is 0 Å². The van der Waals surface area contributed by atoms with Gasteiger partial charge in [0.05, 0.1) is 24.3 Å². The first kappa shape index (κ1) is 18.2. The molecule has 7 nitrogen and oxygen atoms in total. The number of nitrogens with zero attached hydrogens (tertiary/aromatic N) is 3. The van der Waals surface area contributed by atoms with E-state index in [4.69, 9.17) is 9.47 Å². The number of nitrogens with one attached hydrogen (secondary N) is 1. The second kappa shape index (κ2) is 7.51. The number of benzene rings is 2. The number of carbonyl (C=O) groups is 1. The van der Waals surface area contributed by atoms with Crippen LogP contribution < -0.4 is 14.8 Å². The van der Waals surface area contributed by atoms with Crippen LogP contribution in [-0.4, -0.2) is 27.5 Å². The average molecular weight is 400 g/mol. The molecule has 1 aliphatic heterocycles. The molecule has 0 saturated heterocycles. The Morgan fingerprint density at radius 1 is 1.10 bits per heavy atom. The Hall–Kier alpha value is -3.87. The molecule has 1 N–H and O–H groups in total. The Bertz CT molecular complexity index is 1220. The number of rotatable bonds is 5. The number of amides is 1. The van der Waals surface area contributed by atoms with Crippen LogP contribution in [0.1, 0.15) is 34.5 Å². The molecule has 0 spiro atoms. The van der Waals surface area contributed by atoms with Gasteiger partial charge in [0.25, 0.3) is 5.91 Å². The zero-order chi connectivity index (χ0) is 20.5. The minimum absolute atomic E-state index is 0.189. The first-order valence-electron chi connectivity index (χ1n) is 9.73. The van der Waals surface area contributed by atoms with E-state index in [0.29, 0.717) is 17.9 Å². The summed E-state index contributed by atoms with van der Waals surface area (Å²) in [7, 11) is 0. The molecule has 2 aromatic heterocycles. The molecule has 1 atom stereocenters. The zero-order valence-corrected chi connectivity index (χ0v) is 16.4. The third-order valence-electron chi connectivity index (χ3n) is 5.16. The maximum atomic E-state index is 12.8. The first-order chi connectivity index (χ1) is 14.7. The molecule has 0 radical (unpaired) electrons. The van der Waals surface area contributed by atoms with Crippen LogP contribution in [0.4, 0.5) is 0 Å². The van der Waals surface area contributed by atoms with Crippen molar-refractivity contribution in [3.8, 4) is 11.5 Å². The fourth-order valence-electron chi connectivity index (χ4n) is 3.51. The molecule has 0 unspecified atom stereocenters. The van der Waals surface area contributed by atoms with Gasteiger partial charge >= 0.3 is 0 Å². The summed E-state index contributed by atoms with van der Waals surface area (Å²) in [5, 5.41) is 8.27. The number of aromatic nitrogens is 3. The van der Waals surface area contributed by atoms with Gasteiger partial charge in [-0.2, -0.15) is 5.10 Å². The summed E-state index contributed by atoms with van der Waals surface area (Å²) in [5.41, 5.74) is 3.33. The summed E-state index contributed by atoms with van der Waals surface area (Å²) in [6.45, 7) is 2.78. The van der Waals surface area contributed by atoms with Crippen LogP contribution in [0, 0.1) is 0 Å². The number of fused-ring (bicyclic) bond motifs is 2. The lowest BCUT2D eigenvalue weighted by molar-refractivity contribution is 0.0939. The summed E-state index contributed by atoms with van der Waals surface area (Å²) < 4.78 is 12.6. The van der Waals surface area contributed by atoms with Gasteiger partial charge in [0.2, 0.25) is 6.79 Å². The summed E-state index contributed by atoms with van der Waals surface area (Å²) in [5.74, 6) is 1.23. The second-order valence-corrected chi connectivity index (χ2v) is 7.23. The van der Waals surface area contributed by atoms with Crippen LogP contribution in [0.5, 0.6) is 11.5 Å². The third kappa shape index (κ3) is 3.45. The minimum atomic E-state index is -0.191. The lowest BCUT2D eigenvalue weighted by Gasteiger charge is -2.15. The monoisotopic (exact) mass is 400 g/mol. The fraction of sp³-hybridized carbons (Fsp3) is 0.174. The van der Waals surface area contributed by atoms with Crippen molar-refractivity contribution >= 4 is 16.9 Å². The molecule has 0 saturated carbocycles. The average Bonchev–Trinajstić information content (AvgIpc) is 3.40. The van der Waals surface area contributed by atoms with E-state index in [2.05, 4.69) is 15.4 Å². The quantitative estimate of drug-likeness (QED) is 0.553. The molecule has 0 fully saturated rings. The van der Waals surface area contributed by atoms with Gasteiger partial charge in [-0.05, 0) is 36.2 Å². The summed E-state index contributed by atoms with van der Waals surface area (Å²) in [4.78, 5) is 17.3. The van der Waals surface area contributed by atoms with Crippen molar-refractivity contribution in [2.45, 2.75) is 19.5 Å². The van der Waals surface area contributed by atoms with Crippen LogP contribution in [-0.2, 0) is 6.54 Å². The molecule has 150 valence electrons. The van der Waals surface area contributed by atoms with E-state index in [-0.39, 0.29) is 18.7 Å². The molecular formula is C23H20N4O3. The van der Waals surface area contributed by atoms with E-state index in [1.807, 2.05) is 66.2 Å². The summed E-state index contributed by atoms with van der Waals surface area (Å²) in [6.07, 6.45) is 3.33. The van der Waals surface area contributed by atoms with Crippen molar-refractivity contribution in [2.24, 2.45) is 0 Å². The Morgan fingerprint density at radius 3 is 2.80 bits per heavy atom. The maximum Gasteiger partial charge on any atom is 0.253 e. The SMILES string of the molecule is C[C@H](NC(=O)c1cnc2c(cnn2Cc2ccccc2)c1)c1ccc2c(c1)OCO2. The molecule has 0 aliphatic carbocycles. The number of carbonyl (C=O) groups excluding carboxylic acids is 1. The van der Waals surface area contributed by atoms with Gasteiger partial charge in [-0.1, -0.05) is 36.4 Å². The van der Waals surface area contributed by atoms with E-state index in [1.54, 1.807) is 12.4 Å². The highest BCUT2D eigenvalue weighted by Crippen LogP contribution is 2.34. The van der Waals surface area contributed by atoms with Crippen LogP contribution >= 0.6 is 0 Å². The molecular weight excluding hydrogens is 380 g/mol. The highest BCUT2D eigenvalue weighted by atomic mass is 16.7. The van der Waals surface area contributed by atoms with Gasteiger partial charge in [-0.25, -0.2) is 9.67 Å². The Labute approximate surface area is 173 Å². The van der Waals surface area contributed by atoms with Gasteiger partial charge in [0, 0.05) is 11.6 Å². The second-order valence-electron chi connectivity index (χ2n) is 7.23. The van der Waals surface area contributed by atoms with Crippen LogP contribution in [0.15, 0.2) is 67.0 Å². The van der Waals surface area contributed by atoms with Gasteiger partial charge < -0.3 is 14.8 Å². The number of ether oxygens (including phenoxy) is 2. The molecule has 3 heterocycles. The summed E-state index contributed by atoms with van der Waals surface area (Å²) in [6, 6.07) is 17.4. The van der Waals surface area contributed by atoms with Crippen LogP contribution in [0.25, 0.3) is 11.0 Å². The molecule has 7 heteroatoms. The van der Waals surface area contributed by atoms with Crippen molar-refractivity contribution in [3.63, 3.8) is 0 Å². The first-order valence-corrected chi connectivity index (χ1v) is 9.73.